The number of aryl methyl sites for hydroxylation is 2. The SMILES string of the molecule is CC(=O)N1CCC(N2CCCC(O)(COc3cc(C)c(Cl)c(C)c3)C2)CC1. The zero-order chi connectivity index (χ0) is 19.6. The Hall–Kier alpha value is -1.30. The Kier molecular flexibility index (Phi) is 6.34. The van der Waals surface area contributed by atoms with Crippen LogP contribution >= 0.6 is 11.6 Å². The first-order valence-electron chi connectivity index (χ1n) is 9.89. The summed E-state index contributed by atoms with van der Waals surface area (Å²) in [5.74, 6) is 0.917. The van der Waals surface area contributed by atoms with Crippen molar-refractivity contribution in [3.8, 4) is 5.75 Å². The second kappa shape index (κ2) is 8.38. The molecule has 1 aromatic carbocycles. The highest BCUT2D eigenvalue weighted by Crippen LogP contribution is 2.29. The van der Waals surface area contributed by atoms with Gasteiger partial charge in [0.05, 0.1) is 0 Å². The average molecular weight is 395 g/mol. The molecule has 27 heavy (non-hydrogen) atoms. The Morgan fingerprint density at radius 3 is 2.48 bits per heavy atom. The minimum Gasteiger partial charge on any atom is -0.491 e. The fraction of sp³-hybridized carbons (Fsp3) is 0.667. The van der Waals surface area contributed by atoms with Crippen molar-refractivity contribution in [1.29, 1.82) is 0 Å². The van der Waals surface area contributed by atoms with Crippen molar-refractivity contribution in [3.05, 3.63) is 28.3 Å². The van der Waals surface area contributed by atoms with Crippen molar-refractivity contribution in [3.63, 3.8) is 0 Å². The largest absolute Gasteiger partial charge is 0.491 e. The summed E-state index contributed by atoms with van der Waals surface area (Å²) in [6.45, 7) is 9.12. The molecule has 0 saturated carbocycles. The number of hydrogen-bond acceptors (Lipinski definition) is 4. The lowest BCUT2D eigenvalue weighted by atomic mass is 9.90. The van der Waals surface area contributed by atoms with Crippen molar-refractivity contribution < 1.29 is 14.6 Å². The van der Waals surface area contributed by atoms with Crippen LogP contribution in [0, 0.1) is 13.8 Å². The number of carbonyl (C=O) groups is 1. The second-order valence-electron chi connectivity index (χ2n) is 8.20. The van der Waals surface area contributed by atoms with Crippen LogP contribution in [0.15, 0.2) is 12.1 Å². The van der Waals surface area contributed by atoms with Gasteiger partial charge in [-0.05, 0) is 69.3 Å². The summed E-state index contributed by atoms with van der Waals surface area (Å²) in [4.78, 5) is 15.8. The summed E-state index contributed by atoms with van der Waals surface area (Å²) < 4.78 is 5.96. The van der Waals surface area contributed by atoms with E-state index >= 15 is 0 Å². The van der Waals surface area contributed by atoms with E-state index in [-0.39, 0.29) is 12.5 Å². The van der Waals surface area contributed by atoms with E-state index in [1.807, 2.05) is 30.9 Å². The highest BCUT2D eigenvalue weighted by molar-refractivity contribution is 6.32. The first-order valence-corrected chi connectivity index (χ1v) is 10.3. The Bertz CT molecular complexity index is 665. The fourth-order valence-electron chi connectivity index (χ4n) is 4.33. The second-order valence-corrected chi connectivity index (χ2v) is 8.57. The van der Waals surface area contributed by atoms with Gasteiger partial charge in [0.15, 0.2) is 0 Å². The predicted molar refractivity (Wildman–Crippen MR) is 107 cm³/mol. The standard InChI is InChI=1S/C21H31ClN2O3/c1-15-11-19(12-16(2)20(15)22)27-14-21(26)7-4-8-24(13-21)18-5-9-23(10-6-18)17(3)25/h11-12,18,26H,4-10,13-14H2,1-3H3. The number of amides is 1. The first-order chi connectivity index (χ1) is 12.8. The molecule has 150 valence electrons. The third kappa shape index (κ3) is 4.95. The van der Waals surface area contributed by atoms with E-state index in [9.17, 15) is 9.90 Å². The van der Waals surface area contributed by atoms with Crippen LogP contribution in [-0.2, 0) is 4.79 Å². The van der Waals surface area contributed by atoms with Crippen LogP contribution < -0.4 is 4.74 Å². The minimum absolute atomic E-state index is 0.158. The molecule has 1 unspecified atom stereocenters. The van der Waals surface area contributed by atoms with Gasteiger partial charge in [0, 0.05) is 37.6 Å². The maximum atomic E-state index is 11.5. The number of nitrogens with zero attached hydrogens (tertiary/aromatic N) is 2. The van der Waals surface area contributed by atoms with Gasteiger partial charge < -0.3 is 14.7 Å². The molecule has 0 aliphatic carbocycles. The molecular weight excluding hydrogens is 364 g/mol. The molecule has 0 radical (unpaired) electrons. The molecule has 0 aromatic heterocycles. The zero-order valence-electron chi connectivity index (χ0n) is 16.6. The molecule has 0 bridgehead atoms. The molecule has 2 fully saturated rings. The normalized spacial score (nSPS) is 24.9. The van der Waals surface area contributed by atoms with Gasteiger partial charge in [-0.1, -0.05) is 11.6 Å². The van der Waals surface area contributed by atoms with Crippen molar-refractivity contribution in [2.24, 2.45) is 0 Å². The molecule has 3 rings (SSSR count). The van der Waals surface area contributed by atoms with Gasteiger partial charge in [-0.15, -0.1) is 0 Å². The number of halogens is 1. The van der Waals surface area contributed by atoms with E-state index in [1.165, 1.54) is 0 Å². The van der Waals surface area contributed by atoms with Crippen LogP contribution in [0.4, 0.5) is 0 Å². The number of β-amino-alcohol motifs (C(OH)–C–C–N with tert-alkyl or cyclic N) is 1. The minimum atomic E-state index is -0.836. The van der Waals surface area contributed by atoms with Crippen LogP contribution in [0.1, 0.15) is 43.7 Å². The summed E-state index contributed by atoms with van der Waals surface area (Å²) in [5, 5.41) is 11.9. The van der Waals surface area contributed by atoms with E-state index in [0.717, 1.165) is 67.2 Å². The highest BCUT2D eigenvalue weighted by atomic mass is 35.5. The summed E-state index contributed by atoms with van der Waals surface area (Å²) in [6, 6.07) is 4.29. The van der Waals surface area contributed by atoms with Crippen LogP contribution in [0.3, 0.4) is 0 Å². The number of hydrogen-bond donors (Lipinski definition) is 1. The smallest absolute Gasteiger partial charge is 0.219 e. The molecular formula is C21H31ClN2O3. The summed E-state index contributed by atoms with van der Waals surface area (Å²) in [7, 11) is 0. The van der Waals surface area contributed by atoms with Gasteiger partial charge in [-0.3, -0.25) is 9.69 Å². The summed E-state index contributed by atoms with van der Waals surface area (Å²) in [6.07, 6.45) is 3.67. The Balaban J connectivity index is 1.57. The lowest BCUT2D eigenvalue weighted by Gasteiger charge is -2.45. The van der Waals surface area contributed by atoms with Crippen molar-refractivity contribution in [1.82, 2.24) is 9.80 Å². The topological polar surface area (TPSA) is 53.0 Å². The van der Waals surface area contributed by atoms with E-state index in [4.69, 9.17) is 16.3 Å². The van der Waals surface area contributed by atoms with Gasteiger partial charge >= 0.3 is 0 Å². The van der Waals surface area contributed by atoms with Gasteiger partial charge in [-0.2, -0.15) is 0 Å². The maximum absolute atomic E-state index is 11.5. The predicted octanol–water partition coefficient (Wildman–Crippen LogP) is 3.17. The van der Waals surface area contributed by atoms with E-state index in [0.29, 0.717) is 12.6 Å². The average Bonchev–Trinajstić information content (AvgIpc) is 2.64. The number of aliphatic hydroxyl groups is 1. The first kappa shape index (κ1) is 20.4. The molecule has 2 saturated heterocycles. The Morgan fingerprint density at radius 1 is 1.26 bits per heavy atom. The van der Waals surface area contributed by atoms with Crippen molar-refractivity contribution >= 4 is 17.5 Å². The Morgan fingerprint density at radius 2 is 1.89 bits per heavy atom. The van der Waals surface area contributed by atoms with Crippen LogP contribution in [0.5, 0.6) is 5.75 Å². The highest BCUT2D eigenvalue weighted by Gasteiger charge is 2.37. The van der Waals surface area contributed by atoms with E-state index in [1.54, 1.807) is 6.92 Å². The quantitative estimate of drug-likeness (QED) is 0.852. The monoisotopic (exact) mass is 394 g/mol. The third-order valence-corrected chi connectivity index (χ3v) is 6.52. The molecule has 2 heterocycles. The molecule has 1 aromatic rings. The van der Waals surface area contributed by atoms with Crippen molar-refractivity contribution in [2.75, 3.05) is 32.8 Å². The number of carbonyl (C=O) groups excluding carboxylic acids is 1. The molecule has 1 amide bonds. The number of piperidine rings is 2. The van der Waals surface area contributed by atoms with Gasteiger partial charge in [0.25, 0.3) is 0 Å². The lowest BCUT2D eigenvalue weighted by Crippen LogP contribution is -2.56. The number of benzene rings is 1. The molecule has 1 atom stereocenters. The molecule has 5 nitrogen and oxygen atoms in total. The molecule has 0 spiro atoms. The Labute approximate surface area is 167 Å². The van der Waals surface area contributed by atoms with E-state index in [2.05, 4.69) is 4.90 Å². The summed E-state index contributed by atoms with van der Waals surface area (Å²) in [5.41, 5.74) is 1.14. The number of ether oxygens (including phenoxy) is 1. The van der Waals surface area contributed by atoms with Crippen LogP contribution in [-0.4, -0.2) is 65.2 Å². The third-order valence-electron chi connectivity index (χ3n) is 5.93. The van der Waals surface area contributed by atoms with Gasteiger partial charge in [0.1, 0.15) is 18.0 Å². The van der Waals surface area contributed by atoms with Gasteiger partial charge in [-0.25, -0.2) is 0 Å². The zero-order valence-corrected chi connectivity index (χ0v) is 17.4. The van der Waals surface area contributed by atoms with Crippen molar-refractivity contribution in [2.45, 2.75) is 58.1 Å². The lowest BCUT2D eigenvalue weighted by molar-refractivity contribution is -0.131. The van der Waals surface area contributed by atoms with Crippen LogP contribution in [0.25, 0.3) is 0 Å². The molecule has 2 aliphatic heterocycles. The molecule has 2 aliphatic rings. The van der Waals surface area contributed by atoms with Gasteiger partial charge in [0.2, 0.25) is 5.91 Å². The molecule has 1 N–H and O–H groups in total. The maximum Gasteiger partial charge on any atom is 0.219 e. The number of rotatable bonds is 4. The fourth-order valence-corrected chi connectivity index (χ4v) is 4.44. The molecule has 6 heteroatoms. The number of likely N-dealkylation sites (tertiary alicyclic amines) is 2. The van der Waals surface area contributed by atoms with Crippen LogP contribution in [0.2, 0.25) is 5.02 Å². The van der Waals surface area contributed by atoms with E-state index < -0.39 is 5.60 Å². The summed E-state index contributed by atoms with van der Waals surface area (Å²) >= 11 is 6.22.